The first-order chi connectivity index (χ1) is 9.52. The lowest BCUT2D eigenvalue weighted by molar-refractivity contribution is 0.102. The molecule has 1 aromatic carbocycles. The van der Waals surface area contributed by atoms with Crippen molar-refractivity contribution < 1.29 is 13.9 Å². The molecular weight excluding hydrogens is 329 g/mol. The highest BCUT2D eigenvalue weighted by molar-refractivity contribution is 9.10. The van der Waals surface area contributed by atoms with Gasteiger partial charge in [-0.25, -0.2) is 9.37 Å². The number of nitrogens with one attached hydrogen (secondary N) is 1. The third-order valence-electron chi connectivity index (χ3n) is 2.57. The maximum absolute atomic E-state index is 13.7. The number of hydrogen-bond donors (Lipinski definition) is 2. The van der Waals surface area contributed by atoms with Gasteiger partial charge in [0, 0.05) is 18.0 Å². The van der Waals surface area contributed by atoms with Crippen LogP contribution in [0.1, 0.15) is 10.4 Å². The highest BCUT2D eigenvalue weighted by atomic mass is 79.9. The Morgan fingerprint density at radius 2 is 2.20 bits per heavy atom. The van der Waals surface area contributed by atoms with Crippen molar-refractivity contribution in [2.24, 2.45) is 0 Å². The maximum atomic E-state index is 13.7. The molecule has 0 bridgehead atoms. The minimum absolute atomic E-state index is 0.167. The van der Waals surface area contributed by atoms with Gasteiger partial charge in [-0.05, 0) is 34.1 Å². The second-order valence-electron chi connectivity index (χ2n) is 3.86. The third kappa shape index (κ3) is 2.88. The highest BCUT2D eigenvalue weighted by Gasteiger charge is 2.15. The van der Waals surface area contributed by atoms with Gasteiger partial charge in [-0.2, -0.15) is 0 Å². The van der Waals surface area contributed by atoms with Gasteiger partial charge in [0.25, 0.3) is 5.91 Å². The van der Waals surface area contributed by atoms with Gasteiger partial charge in [0.1, 0.15) is 5.75 Å². The van der Waals surface area contributed by atoms with E-state index in [1.165, 1.54) is 19.4 Å². The Labute approximate surface area is 123 Å². The number of hydrogen-bond acceptors (Lipinski definition) is 4. The number of methoxy groups -OCH3 is 1. The molecule has 0 fully saturated rings. The van der Waals surface area contributed by atoms with Crippen LogP contribution in [0.5, 0.6) is 5.75 Å². The average Bonchev–Trinajstić information content (AvgIpc) is 2.43. The molecule has 0 aliphatic carbocycles. The van der Waals surface area contributed by atoms with Gasteiger partial charge in [-0.15, -0.1) is 0 Å². The summed E-state index contributed by atoms with van der Waals surface area (Å²) in [5, 5.41) is 2.57. The zero-order chi connectivity index (χ0) is 14.7. The molecule has 0 saturated carbocycles. The minimum atomic E-state index is -0.839. The SMILES string of the molecule is COc1cc(NC(=O)c2ccnc(N)c2F)ccc1Br. The van der Waals surface area contributed by atoms with Crippen molar-refractivity contribution in [3.63, 3.8) is 0 Å². The van der Waals surface area contributed by atoms with Crippen molar-refractivity contribution in [3.8, 4) is 5.75 Å². The Hall–Kier alpha value is -2.15. The van der Waals surface area contributed by atoms with Crippen molar-refractivity contribution >= 4 is 33.3 Å². The number of nitrogens with zero attached hydrogens (tertiary/aromatic N) is 1. The average molecular weight is 340 g/mol. The number of nitrogens with two attached hydrogens (primary N) is 1. The lowest BCUT2D eigenvalue weighted by Gasteiger charge is -2.09. The van der Waals surface area contributed by atoms with Crippen molar-refractivity contribution in [3.05, 3.63) is 46.3 Å². The van der Waals surface area contributed by atoms with Crippen LogP contribution in [0.2, 0.25) is 0 Å². The van der Waals surface area contributed by atoms with Crippen molar-refractivity contribution in [1.82, 2.24) is 4.98 Å². The summed E-state index contributed by atoms with van der Waals surface area (Å²) in [6.45, 7) is 0. The van der Waals surface area contributed by atoms with Crippen LogP contribution < -0.4 is 15.8 Å². The molecule has 104 valence electrons. The van der Waals surface area contributed by atoms with E-state index in [-0.39, 0.29) is 11.4 Å². The fourth-order valence-corrected chi connectivity index (χ4v) is 1.98. The van der Waals surface area contributed by atoms with Crippen LogP contribution in [0.3, 0.4) is 0 Å². The smallest absolute Gasteiger partial charge is 0.258 e. The molecule has 0 saturated heterocycles. The molecule has 1 aromatic heterocycles. The number of carbonyl (C=O) groups is 1. The Kier molecular flexibility index (Phi) is 4.19. The number of carbonyl (C=O) groups excluding carboxylic acids is 1. The number of rotatable bonds is 3. The molecule has 0 aliphatic heterocycles. The minimum Gasteiger partial charge on any atom is -0.495 e. The second kappa shape index (κ2) is 5.87. The Bertz CT molecular complexity index is 664. The largest absolute Gasteiger partial charge is 0.495 e. The highest BCUT2D eigenvalue weighted by Crippen LogP contribution is 2.28. The molecule has 3 N–H and O–H groups in total. The summed E-state index contributed by atoms with van der Waals surface area (Å²) >= 11 is 3.30. The summed E-state index contributed by atoms with van der Waals surface area (Å²) in [5.41, 5.74) is 5.63. The molecule has 0 atom stereocenters. The molecule has 5 nitrogen and oxygen atoms in total. The molecule has 2 rings (SSSR count). The zero-order valence-corrected chi connectivity index (χ0v) is 12.1. The van der Waals surface area contributed by atoms with E-state index in [1.807, 2.05) is 0 Å². The number of ether oxygens (including phenoxy) is 1. The van der Waals surface area contributed by atoms with Gasteiger partial charge in [0.2, 0.25) is 0 Å². The molecular formula is C13H11BrFN3O2. The van der Waals surface area contributed by atoms with Gasteiger partial charge in [-0.1, -0.05) is 0 Å². The Balaban J connectivity index is 2.26. The standard InChI is InChI=1S/C13H11BrFN3O2/c1-20-10-6-7(2-3-9(10)14)18-13(19)8-4-5-17-12(16)11(8)15/h2-6H,1H3,(H2,16,17)(H,18,19). The molecule has 1 amide bonds. The molecule has 7 heteroatoms. The number of anilines is 2. The van der Waals surface area contributed by atoms with Gasteiger partial charge in [0.05, 0.1) is 17.1 Å². The van der Waals surface area contributed by atoms with Crippen LogP contribution in [0.25, 0.3) is 0 Å². The lowest BCUT2D eigenvalue weighted by Crippen LogP contribution is -2.15. The van der Waals surface area contributed by atoms with Gasteiger partial charge < -0.3 is 15.8 Å². The third-order valence-corrected chi connectivity index (χ3v) is 3.22. The molecule has 2 aromatic rings. The number of nitrogen functional groups attached to an aromatic ring is 1. The van der Waals surface area contributed by atoms with Gasteiger partial charge in [-0.3, -0.25) is 4.79 Å². The predicted molar refractivity (Wildman–Crippen MR) is 77.3 cm³/mol. The maximum Gasteiger partial charge on any atom is 0.258 e. The van der Waals surface area contributed by atoms with Crippen LogP contribution in [0.15, 0.2) is 34.9 Å². The first-order valence-electron chi connectivity index (χ1n) is 5.57. The first kappa shape index (κ1) is 14.3. The molecule has 1 heterocycles. The zero-order valence-electron chi connectivity index (χ0n) is 10.5. The number of aromatic nitrogens is 1. The van der Waals surface area contributed by atoms with E-state index < -0.39 is 11.7 Å². The Morgan fingerprint density at radius 1 is 1.45 bits per heavy atom. The van der Waals surface area contributed by atoms with Crippen LogP contribution in [0.4, 0.5) is 15.9 Å². The summed E-state index contributed by atoms with van der Waals surface area (Å²) in [6.07, 6.45) is 1.27. The lowest BCUT2D eigenvalue weighted by atomic mass is 10.2. The van der Waals surface area contributed by atoms with Crippen LogP contribution in [-0.2, 0) is 0 Å². The summed E-state index contributed by atoms with van der Waals surface area (Å²) in [5.74, 6) is -1.21. The predicted octanol–water partition coefficient (Wildman–Crippen LogP) is 2.83. The van der Waals surface area contributed by atoms with E-state index in [4.69, 9.17) is 10.5 Å². The van der Waals surface area contributed by atoms with E-state index in [0.29, 0.717) is 11.4 Å². The summed E-state index contributed by atoms with van der Waals surface area (Å²) in [6, 6.07) is 6.25. The number of halogens is 2. The quantitative estimate of drug-likeness (QED) is 0.901. The summed E-state index contributed by atoms with van der Waals surface area (Å²) < 4.78 is 19.5. The van der Waals surface area contributed by atoms with Crippen molar-refractivity contribution in [1.29, 1.82) is 0 Å². The molecule has 0 aliphatic rings. The van der Waals surface area contributed by atoms with E-state index in [9.17, 15) is 9.18 Å². The van der Waals surface area contributed by atoms with Crippen LogP contribution >= 0.6 is 15.9 Å². The van der Waals surface area contributed by atoms with Crippen LogP contribution in [-0.4, -0.2) is 18.0 Å². The normalized spacial score (nSPS) is 10.2. The van der Waals surface area contributed by atoms with Gasteiger partial charge >= 0.3 is 0 Å². The van der Waals surface area contributed by atoms with Gasteiger partial charge in [0.15, 0.2) is 11.6 Å². The monoisotopic (exact) mass is 339 g/mol. The van der Waals surface area contributed by atoms with E-state index in [1.54, 1.807) is 18.2 Å². The fourth-order valence-electron chi connectivity index (χ4n) is 1.57. The van der Waals surface area contributed by atoms with Crippen molar-refractivity contribution in [2.45, 2.75) is 0 Å². The first-order valence-corrected chi connectivity index (χ1v) is 6.37. The number of amides is 1. The second-order valence-corrected chi connectivity index (χ2v) is 4.72. The molecule has 0 radical (unpaired) electrons. The molecule has 20 heavy (non-hydrogen) atoms. The summed E-state index contributed by atoms with van der Waals surface area (Å²) in [7, 11) is 1.51. The molecule has 0 spiro atoms. The fraction of sp³-hybridized carbons (Fsp3) is 0.0769. The number of pyridine rings is 1. The topological polar surface area (TPSA) is 77.2 Å². The number of benzene rings is 1. The van der Waals surface area contributed by atoms with E-state index in [2.05, 4.69) is 26.2 Å². The molecule has 0 unspecified atom stereocenters. The van der Waals surface area contributed by atoms with Crippen LogP contribution in [0, 0.1) is 5.82 Å². The summed E-state index contributed by atoms with van der Waals surface area (Å²) in [4.78, 5) is 15.5. The van der Waals surface area contributed by atoms with Crippen molar-refractivity contribution in [2.75, 3.05) is 18.2 Å². The Morgan fingerprint density at radius 3 is 2.90 bits per heavy atom. The van der Waals surface area contributed by atoms with E-state index >= 15 is 0 Å². The van der Waals surface area contributed by atoms with E-state index in [0.717, 1.165) is 4.47 Å².